The van der Waals surface area contributed by atoms with Crippen molar-refractivity contribution in [2.75, 3.05) is 11.4 Å². The van der Waals surface area contributed by atoms with E-state index >= 15 is 0 Å². The molecular formula is C10H9ClN4O3. The topological polar surface area (TPSA) is 106 Å². The molecule has 0 saturated carbocycles. The van der Waals surface area contributed by atoms with Gasteiger partial charge in [-0.15, -0.1) is 0 Å². The highest BCUT2D eigenvalue weighted by Gasteiger charge is 2.36. The fourth-order valence-corrected chi connectivity index (χ4v) is 1.96. The summed E-state index contributed by atoms with van der Waals surface area (Å²) in [5.41, 5.74) is 5.18. The normalized spacial score (nSPS) is 19.1. The molecule has 94 valence electrons. The second kappa shape index (κ2) is 4.69. The summed E-state index contributed by atoms with van der Waals surface area (Å²) in [4.78, 5) is 42.5. The number of halogens is 1. The predicted octanol–water partition coefficient (Wildman–Crippen LogP) is -0.219. The molecule has 2 heterocycles. The van der Waals surface area contributed by atoms with Crippen molar-refractivity contribution in [3.8, 4) is 0 Å². The van der Waals surface area contributed by atoms with E-state index in [-0.39, 0.29) is 35.4 Å². The average molecular weight is 269 g/mol. The first-order valence-electron chi connectivity index (χ1n) is 5.10. The molecule has 0 bridgehead atoms. The number of primary amides is 1. The van der Waals surface area contributed by atoms with Gasteiger partial charge in [-0.1, -0.05) is 11.6 Å². The molecule has 0 spiro atoms. The zero-order chi connectivity index (χ0) is 13.3. The van der Waals surface area contributed by atoms with Gasteiger partial charge in [-0.3, -0.25) is 19.3 Å². The highest BCUT2D eigenvalue weighted by molar-refractivity contribution is 6.32. The van der Waals surface area contributed by atoms with Crippen molar-refractivity contribution in [2.24, 2.45) is 11.7 Å². The number of rotatable bonds is 3. The maximum atomic E-state index is 11.8. The first-order chi connectivity index (χ1) is 8.54. The van der Waals surface area contributed by atoms with Crippen LogP contribution in [0.3, 0.4) is 0 Å². The van der Waals surface area contributed by atoms with Crippen LogP contribution in [0.4, 0.5) is 5.82 Å². The molecular weight excluding hydrogens is 260 g/mol. The summed E-state index contributed by atoms with van der Waals surface area (Å²) in [6.45, 7) is 0.0996. The largest absolute Gasteiger partial charge is 0.369 e. The lowest BCUT2D eigenvalue weighted by atomic mass is 10.1. The van der Waals surface area contributed by atoms with Crippen molar-refractivity contribution in [1.29, 1.82) is 0 Å². The van der Waals surface area contributed by atoms with Gasteiger partial charge in [-0.05, 0) is 0 Å². The Labute approximate surface area is 107 Å². The highest BCUT2D eigenvalue weighted by atomic mass is 35.5. The van der Waals surface area contributed by atoms with Crippen LogP contribution >= 0.6 is 11.6 Å². The Morgan fingerprint density at radius 1 is 1.56 bits per heavy atom. The van der Waals surface area contributed by atoms with Gasteiger partial charge in [0, 0.05) is 13.0 Å². The maximum Gasteiger partial charge on any atom is 0.229 e. The van der Waals surface area contributed by atoms with Crippen molar-refractivity contribution in [3.05, 3.63) is 17.0 Å². The third-order valence-corrected chi connectivity index (χ3v) is 3.02. The Balaban J connectivity index is 2.38. The van der Waals surface area contributed by atoms with E-state index in [1.807, 2.05) is 0 Å². The molecule has 2 rings (SSSR count). The van der Waals surface area contributed by atoms with Crippen LogP contribution in [-0.4, -0.2) is 34.6 Å². The van der Waals surface area contributed by atoms with Gasteiger partial charge < -0.3 is 5.73 Å². The van der Waals surface area contributed by atoms with E-state index in [0.717, 1.165) is 6.33 Å². The van der Waals surface area contributed by atoms with Crippen LogP contribution < -0.4 is 10.6 Å². The van der Waals surface area contributed by atoms with Crippen LogP contribution in [0.15, 0.2) is 6.33 Å². The molecule has 18 heavy (non-hydrogen) atoms. The second-order valence-corrected chi connectivity index (χ2v) is 4.19. The average Bonchev–Trinajstić information content (AvgIpc) is 2.71. The Morgan fingerprint density at radius 2 is 2.28 bits per heavy atom. The summed E-state index contributed by atoms with van der Waals surface area (Å²) in [6.07, 6.45) is 1.63. The summed E-state index contributed by atoms with van der Waals surface area (Å²) < 4.78 is 0. The number of carbonyl (C=O) groups excluding carboxylic acids is 3. The van der Waals surface area contributed by atoms with Crippen molar-refractivity contribution in [1.82, 2.24) is 9.97 Å². The summed E-state index contributed by atoms with van der Waals surface area (Å²) >= 11 is 5.74. The zero-order valence-electron chi connectivity index (χ0n) is 9.17. The van der Waals surface area contributed by atoms with Gasteiger partial charge in [0.05, 0.1) is 11.5 Å². The molecule has 1 aliphatic heterocycles. The van der Waals surface area contributed by atoms with Crippen LogP contribution in [0.1, 0.15) is 16.8 Å². The molecule has 1 atom stereocenters. The Morgan fingerprint density at radius 3 is 2.83 bits per heavy atom. The van der Waals surface area contributed by atoms with Crippen LogP contribution in [-0.2, 0) is 9.59 Å². The minimum absolute atomic E-state index is 0.00918. The quantitative estimate of drug-likeness (QED) is 0.602. The molecule has 2 amide bonds. The molecule has 0 radical (unpaired) electrons. The number of nitrogens with two attached hydrogens (primary N) is 1. The number of hydrogen-bond donors (Lipinski definition) is 1. The minimum Gasteiger partial charge on any atom is -0.369 e. The first kappa shape index (κ1) is 12.4. The number of carbonyl (C=O) groups is 3. The molecule has 7 nitrogen and oxygen atoms in total. The summed E-state index contributed by atoms with van der Waals surface area (Å²) in [5, 5.41) is -0.0367. The molecule has 2 N–H and O–H groups in total. The molecule has 0 aromatic carbocycles. The van der Waals surface area contributed by atoms with Crippen LogP contribution in [0.2, 0.25) is 5.15 Å². The van der Waals surface area contributed by atoms with Crippen molar-refractivity contribution >= 4 is 35.5 Å². The van der Waals surface area contributed by atoms with Gasteiger partial charge in [-0.25, -0.2) is 9.97 Å². The molecule has 1 aromatic heterocycles. The van der Waals surface area contributed by atoms with Crippen molar-refractivity contribution in [2.45, 2.75) is 6.42 Å². The van der Waals surface area contributed by atoms with E-state index < -0.39 is 11.8 Å². The smallest absolute Gasteiger partial charge is 0.229 e. The van der Waals surface area contributed by atoms with Gasteiger partial charge in [0.2, 0.25) is 11.8 Å². The fraction of sp³-hybridized carbons (Fsp3) is 0.300. The standard InChI is InChI=1S/C10H9ClN4O3/c11-8-6(3-16)10(14-4-13-8)15-2-5(9(12)18)1-7(15)17/h3-5H,1-2H2,(H2,12,18). The third kappa shape index (κ3) is 2.04. The SMILES string of the molecule is NC(=O)C1CC(=O)N(c2ncnc(Cl)c2C=O)C1. The van der Waals surface area contributed by atoms with E-state index in [4.69, 9.17) is 17.3 Å². The summed E-state index contributed by atoms with van der Waals surface area (Å²) in [7, 11) is 0. The highest BCUT2D eigenvalue weighted by Crippen LogP contribution is 2.27. The Kier molecular flexibility index (Phi) is 3.24. The summed E-state index contributed by atoms with van der Waals surface area (Å²) in [5.74, 6) is -1.35. The minimum atomic E-state index is -0.578. The van der Waals surface area contributed by atoms with Crippen LogP contribution in [0, 0.1) is 5.92 Å². The lowest BCUT2D eigenvalue weighted by molar-refractivity contribution is -0.123. The molecule has 1 aromatic rings. The zero-order valence-corrected chi connectivity index (χ0v) is 9.92. The molecule has 1 aliphatic rings. The number of nitrogens with zero attached hydrogens (tertiary/aromatic N) is 3. The Hall–Kier alpha value is -2.02. The van der Waals surface area contributed by atoms with Gasteiger partial charge >= 0.3 is 0 Å². The van der Waals surface area contributed by atoms with Gasteiger partial charge in [0.15, 0.2) is 12.1 Å². The number of hydrogen-bond acceptors (Lipinski definition) is 5. The van der Waals surface area contributed by atoms with E-state index in [1.165, 1.54) is 4.90 Å². The third-order valence-electron chi connectivity index (χ3n) is 2.72. The van der Waals surface area contributed by atoms with Gasteiger partial charge in [-0.2, -0.15) is 0 Å². The van der Waals surface area contributed by atoms with E-state index in [0.29, 0.717) is 6.29 Å². The number of amides is 2. The lowest BCUT2D eigenvalue weighted by Crippen LogP contribution is -2.29. The molecule has 1 fully saturated rings. The molecule has 1 saturated heterocycles. The van der Waals surface area contributed by atoms with Gasteiger partial charge in [0.25, 0.3) is 0 Å². The molecule has 0 aliphatic carbocycles. The van der Waals surface area contributed by atoms with Crippen LogP contribution in [0.25, 0.3) is 0 Å². The van der Waals surface area contributed by atoms with Gasteiger partial charge in [0.1, 0.15) is 11.5 Å². The number of aromatic nitrogens is 2. The number of anilines is 1. The molecule has 1 unspecified atom stereocenters. The van der Waals surface area contributed by atoms with E-state index in [9.17, 15) is 14.4 Å². The number of aldehydes is 1. The first-order valence-corrected chi connectivity index (χ1v) is 5.47. The van der Waals surface area contributed by atoms with E-state index in [2.05, 4.69) is 9.97 Å². The van der Waals surface area contributed by atoms with Crippen molar-refractivity contribution < 1.29 is 14.4 Å². The maximum absolute atomic E-state index is 11.8. The Bertz CT molecular complexity index is 534. The second-order valence-electron chi connectivity index (χ2n) is 3.83. The molecule has 8 heteroatoms. The lowest BCUT2D eigenvalue weighted by Gasteiger charge is -2.16. The van der Waals surface area contributed by atoms with Crippen molar-refractivity contribution in [3.63, 3.8) is 0 Å². The van der Waals surface area contributed by atoms with Crippen LogP contribution in [0.5, 0.6) is 0 Å². The van der Waals surface area contributed by atoms with E-state index in [1.54, 1.807) is 0 Å². The fourth-order valence-electron chi connectivity index (χ4n) is 1.78. The summed E-state index contributed by atoms with van der Waals surface area (Å²) in [6, 6.07) is 0. The predicted molar refractivity (Wildman–Crippen MR) is 62.1 cm³/mol. The monoisotopic (exact) mass is 268 g/mol.